The zero-order valence-corrected chi connectivity index (χ0v) is 11.6. The smallest absolute Gasteiger partial charge is 0.308 e. The van der Waals surface area contributed by atoms with E-state index in [-0.39, 0.29) is 5.92 Å². The van der Waals surface area contributed by atoms with Crippen LogP contribution in [0.4, 0.5) is 0 Å². The van der Waals surface area contributed by atoms with E-state index in [1.165, 1.54) is 12.8 Å². The van der Waals surface area contributed by atoms with Crippen molar-refractivity contribution in [1.29, 1.82) is 0 Å². The summed E-state index contributed by atoms with van der Waals surface area (Å²) in [4.78, 5) is 16.2. The number of hydrogen-bond donors (Lipinski definition) is 1. The highest BCUT2D eigenvalue weighted by atomic mass is 16.4. The van der Waals surface area contributed by atoms with E-state index >= 15 is 0 Å². The molecule has 2 saturated heterocycles. The van der Waals surface area contributed by atoms with Gasteiger partial charge in [-0.15, -0.1) is 0 Å². The van der Waals surface area contributed by atoms with Gasteiger partial charge in [-0.2, -0.15) is 0 Å². The number of carboxylic acid groups (broad SMARTS) is 1. The second-order valence-corrected chi connectivity index (χ2v) is 6.09. The number of carbonyl (C=O) groups is 1. The lowest BCUT2D eigenvalue weighted by molar-refractivity contribution is -0.144. The van der Waals surface area contributed by atoms with Gasteiger partial charge in [0.05, 0.1) is 5.92 Å². The van der Waals surface area contributed by atoms with E-state index in [9.17, 15) is 9.90 Å². The Morgan fingerprint density at radius 2 is 1.94 bits per heavy atom. The first-order valence-corrected chi connectivity index (χ1v) is 7.27. The summed E-state index contributed by atoms with van der Waals surface area (Å²) >= 11 is 0. The average molecular weight is 254 g/mol. The minimum atomic E-state index is -0.600. The molecule has 0 saturated carbocycles. The molecule has 2 heterocycles. The summed E-state index contributed by atoms with van der Waals surface area (Å²) in [5, 5.41) is 9.47. The maximum atomic E-state index is 11.5. The minimum absolute atomic E-state index is 0.174. The van der Waals surface area contributed by atoms with Crippen LogP contribution < -0.4 is 0 Å². The Hall–Kier alpha value is -0.610. The number of hydrogen-bond acceptors (Lipinski definition) is 3. The highest BCUT2D eigenvalue weighted by molar-refractivity contribution is 5.70. The van der Waals surface area contributed by atoms with Crippen LogP contribution in [0, 0.1) is 11.8 Å². The zero-order chi connectivity index (χ0) is 13.1. The molecule has 0 spiro atoms. The molecule has 0 amide bonds. The minimum Gasteiger partial charge on any atom is -0.481 e. The molecule has 0 radical (unpaired) electrons. The van der Waals surface area contributed by atoms with Gasteiger partial charge in [0.1, 0.15) is 0 Å². The molecule has 1 N–H and O–H groups in total. The highest BCUT2D eigenvalue weighted by Crippen LogP contribution is 2.27. The summed E-state index contributed by atoms with van der Waals surface area (Å²) < 4.78 is 0. The molecule has 2 unspecified atom stereocenters. The van der Waals surface area contributed by atoms with Crippen molar-refractivity contribution >= 4 is 5.97 Å². The first-order chi connectivity index (χ1) is 8.58. The Morgan fingerprint density at radius 1 is 1.28 bits per heavy atom. The van der Waals surface area contributed by atoms with Crippen LogP contribution in [0.2, 0.25) is 0 Å². The Balaban J connectivity index is 1.91. The van der Waals surface area contributed by atoms with Crippen molar-refractivity contribution in [3.05, 3.63) is 0 Å². The number of likely N-dealkylation sites (tertiary alicyclic amines) is 2. The van der Waals surface area contributed by atoms with E-state index < -0.39 is 5.97 Å². The molecule has 104 valence electrons. The first-order valence-electron chi connectivity index (χ1n) is 7.27. The molecule has 0 aromatic rings. The van der Waals surface area contributed by atoms with Crippen molar-refractivity contribution in [3.63, 3.8) is 0 Å². The Bertz CT molecular complexity index is 288. The fourth-order valence-corrected chi connectivity index (χ4v) is 3.29. The van der Waals surface area contributed by atoms with E-state index in [0.717, 1.165) is 39.1 Å². The van der Waals surface area contributed by atoms with Crippen molar-refractivity contribution in [2.75, 3.05) is 32.7 Å². The molecule has 4 nitrogen and oxygen atoms in total. The number of nitrogens with zero attached hydrogens (tertiary/aromatic N) is 2. The van der Waals surface area contributed by atoms with Gasteiger partial charge in [-0.05, 0) is 58.7 Å². The van der Waals surface area contributed by atoms with Crippen molar-refractivity contribution in [1.82, 2.24) is 9.80 Å². The molecule has 4 heteroatoms. The fraction of sp³-hybridized carbons (Fsp3) is 0.929. The van der Waals surface area contributed by atoms with E-state index in [1.807, 2.05) is 0 Å². The monoisotopic (exact) mass is 254 g/mol. The Kier molecular flexibility index (Phi) is 4.62. The predicted molar refractivity (Wildman–Crippen MR) is 71.6 cm³/mol. The van der Waals surface area contributed by atoms with Crippen LogP contribution in [0.25, 0.3) is 0 Å². The Morgan fingerprint density at radius 3 is 2.44 bits per heavy atom. The summed E-state index contributed by atoms with van der Waals surface area (Å²) in [5.41, 5.74) is 0. The number of rotatable bonds is 5. The molecule has 2 rings (SSSR count). The summed E-state index contributed by atoms with van der Waals surface area (Å²) in [6, 6.07) is 0.538. The van der Waals surface area contributed by atoms with E-state index in [2.05, 4.69) is 23.6 Å². The van der Waals surface area contributed by atoms with Gasteiger partial charge < -0.3 is 14.9 Å². The van der Waals surface area contributed by atoms with E-state index in [4.69, 9.17) is 0 Å². The average Bonchev–Trinajstić information content (AvgIpc) is 2.96. The first kappa shape index (κ1) is 13.8. The quantitative estimate of drug-likeness (QED) is 0.808. The molecular weight excluding hydrogens is 228 g/mol. The van der Waals surface area contributed by atoms with Gasteiger partial charge in [0.25, 0.3) is 0 Å². The van der Waals surface area contributed by atoms with Crippen molar-refractivity contribution in [2.24, 2.45) is 11.8 Å². The topological polar surface area (TPSA) is 43.8 Å². The van der Waals surface area contributed by atoms with Crippen LogP contribution in [-0.4, -0.2) is 59.6 Å². The molecule has 0 aromatic heterocycles. The third-order valence-electron chi connectivity index (χ3n) is 4.53. The molecule has 0 aliphatic carbocycles. The second kappa shape index (κ2) is 6.02. The molecule has 18 heavy (non-hydrogen) atoms. The van der Waals surface area contributed by atoms with E-state index in [1.54, 1.807) is 0 Å². The van der Waals surface area contributed by atoms with Gasteiger partial charge in [-0.3, -0.25) is 4.79 Å². The normalized spacial score (nSPS) is 28.1. The maximum absolute atomic E-state index is 11.5. The largest absolute Gasteiger partial charge is 0.481 e. The van der Waals surface area contributed by atoms with Crippen molar-refractivity contribution in [3.8, 4) is 0 Å². The van der Waals surface area contributed by atoms with Crippen LogP contribution in [0.15, 0.2) is 0 Å². The van der Waals surface area contributed by atoms with Gasteiger partial charge in [-0.25, -0.2) is 0 Å². The van der Waals surface area contributed by atoms with Gasteiger partial charge in [0, 0.05) is 19.1 Å². The lowest BCUT2D eigenvalue weighted by atomic mass is 9.91. The van der Waals surface area contributed by atoms with Gasteiger partial charge in [-0.1, -0.05) is 0 Å². The van der Waals surface area contributed by atoms with Crippen molar-refractivity contribution < 1.29 is 9.90 Å². The lowest BCUT2D eigenvalue weighted by Gasteiger charge is -2.26. The molecule has 2 aliphatic rings. The standard InChI is InChI=1S/C14H26N2O2/c1-11(2)16-8-5-12(9-16)13(14(17)18)10-15-6-3-4-7-15/h11-13H,3-10H2,1-2H3,(H,17,18). The van der Waals surface area contributed by atoms with Gasteiger partial charge in [0.15, 0.2) is 0 Å². The third-order valence-corrected chi connectivity index (χ3v) is 4.53. The van der Waals surface area contributed by atoms with Crippen LogP contribution in [0.5, 0.6) is 0 Å². The predicted octanol–water partition coefficient (Wildman–Crippen LogP) is 1.51. The summed E-state index contributed by atoms with van der Waals surface area (Å²) in [7, 11) is 0. The SMILES string of the molecule is CC(C)N1CCC(C(CN2CCCC2)C(=O)O)C1. The van der Waals surface area contributed by atoms with Crippen LogP contribution in [0.1, 0.15) is 33.1 Å². The Labute approximate surface area is 110 Å². The zero-order valence-electron chi connectivity index (χ0n) is 11.6. The van der Waals surface area contributed by atoms with Crippen LogP contribution in [0.3, 0.4) is 0 Å². The fourth-order valence-electron chi connectivity index (χ4n) is 3.29. The summed E-state index contributed by atoms with van der Waals surface area (Å²) in [6.45, 7) is 9.34. The highest BCUT2D eigenvalue weighted by Gasteiger charge is 2.35. The van der Waals surface area contributed by atoms with Crippen LogP contribution in [-0.2, 0) is 4.79 Å². The molecule has 2 aliphatic heterocycles. The lowest BCUT2D eigenvalue weighted by Crippen LogP contribution is -2.37. The number of aliphatic carboxylic acids is 1. The summed E-state index contributed by atoms with van der Waals surface area (Å²) in [6.07, 6.45) is 3.51. The summed E-state index contributed by atoms with van der Waals surface area (Å²) in [5.74, 6) is -0.435. The van der Waals surface area contributed by atoms with Crippen molar-refractivity contribution in [2.45, 2.75) is 39.2 Å². The molecule has 0 bridgehead atoms. The van der Waals surface area contributed by atoms with Gasteiger partial charge >= 0.3 is 5.97 Å². The molecule has 0 aromatic carbocycles. The molecule has 2 atom stereocenters. The third kappa shape index (κ3) is 3.23. The van der Waals surface area contributed by atoms with Gasteiger partial charge in [0.2, 0.25) is 0 Å². The van der Waals surface area contributed by atoms with Crippen LogP contribution >= 0.6 is 0 Å². The number of carboxylic acids is 1. The molecule has 2 fully saturated rings. The molecular formula is C14H26N2O2. The maximum Gasteiger partial charge on any atom is 0.308 e. The van der Waals surface area contributed by atoms with E-state index in [0.29, 0.717) is 12.0 Å². The second-order valence-electron chi connectivity index (χ2n) is 6.09.